The molecule has 0 fully saturated rings. The minimum absolute atomic E-state index is 0.332. The molecule has 1 aromatic heterocycles. The van der Waals surface area contributed by atoms with E-state index in [2.05, 4.69) is 17.2 Å². The maximum atomic E-state index is 11.3. The minimum atomic E-state index is -3.13. The Morgan fingerprint density at radius 3 is 2.32 bits per heavy atom. The second-order valence-corrected chi connectivity index (χ2v) is 7.70. The number of benzene rings is 1. The molecular weight excluding hydrogens is 280 g/mol. The summed E-state index contributed by atoms with van der Waals surface area (Å²) in [5.74, 6) is 0. The van der Waals surface area contributed by atoms with Crippen molar-refractivity contribution in [3.05, 3.63) is 39.8 Å². The van der Waals surface area contributed by atoms with Gasteiger partial charge in [-0.05, 0) is 38.1 Å². The van der Waals surface area contributed by atoms with Gasteiger partial charge in [-0.2, -0.15) is 0 Å². The SMILES string of the molecule is Cc1nc(CNc2ccc(S(C)(=O)=O)cc2)sc1C. The summed E-state index contributed by atoms with van der Waals surface area (Å²) >= 11 is 1.67. The number of sulfone groups is 1. The summed E-state index contributed by atoms with van der Waals surface area (Å²) in [6.45, 7) is 4.70. The van der Waals surface area contributed by atoms with Crippen LogP contribution in [0.3, 0.4) is 0 Å². The number of hydrogen-bond donors (Lipinski definition) is 1. The highest BCUT2D eigenvalue weighted by atomic mass is 32.2. The van der Waals surface area contributed by atoms with Gasteiger partial charge in [-0.1, -0.05) is 0 Å². The van der Waals surface area contributed by atoms with Crippen LogP contribution in [0.25, 0.3) is 0 Å². The van der Waals surface area contributed by atoms with E-state index in [1.54, 1.807) is 35.6 Å². The first-order chi connectivity index (χ1) is 8.86. The third-order valence-electron chi connectivity index (χ3n) is 2.80. The highest BCUT2D eigenvalue weighted by Crippen LogP contribution is 2.19. The van der Waals surface area contributed by atoms with Crippen molar-refractivity contribution in [3.8, 4) is 0 Å². The standard InChI is InChI=1S/C13H16N2O2S2/c1-9-10(2)18-13(15-9)8-14-11-4-6-12(7-5-11)19(3,16)17/h4-7,14H,8H2,1-3H3. The molecule has 0 bridgehead atoms. The predicted molar refractivity (Wildman–Crippen MR) is 78.5 cm³/mol. The fraction of sp³-hybridized carbons (Fsp3) is 0.308. The lowest BCUT2D eigenvalue weighted by molar-refractivity contribution is 0.602. The van der Waals surface area contributed by atoms with Crippen LogP contribution >= 0.6 is 11.3 Å². The van der Waals surface area contributed by atoms with Crippen molar-refractivity contribution < 1.29 is 8.42 Å². The number of hydrogen-bond acceptors (Lipinski definition) is 5. The van der Waals surface area contributed by atoms with Gasteiger partial charge in [-0.25, -0.2) is 13.4 Å². The Balaban J connectivity index is 2.04. The van der Waals surface area contributed by atoms with E-state index in [4.69, 9.17) is 0 Å². The first-order valence-electron chi connectivity index (χ1n) is 5.83. The van der Waals surface area contributed by atoms with Gasteiger partial charge in [0.1, 0.15) is 5.01 Å². The maximum Gasteiger partial charge on any atom is 0.175 e. The van der Waals surface area contributed by atoms with Gasteiger partial charge in [-0.3, -0.25) is 0 Å². The van der Waals surface area contributed by atoms with Crippen LogP contribution in [0.4, 0.5) is 5.69 Å². The van der Waals surface area contributed by atoms with Crippen LogP contribution in [0.5, 0.6) is 0 Å². The molecule has 1 heterocycles. The second kappa shape index (κ2) is 5.30. The zero-order valence-electron chi connectivity index (χ0n) is 11.1. The Hall–Kier alpha value is -1.40. The minimum Gasteiger partial charge on any atom is -0.379 e. The summed E-state index contributed by atoms with van der Waals surface area (Å²) < 4.78 is 22.7. The summed E-state index contributed by atoms with van der Waals surface area (Å²) in [5, 5.41) is 4.26. The Morgan fingerprint density at radius 2 is 1.84 bits per heavy atom. The Morgan fingerprint density at radius 1 is 1.21 bits per heavy atom. The molecule has 4 nitrogen and oxygen atoms in total. The molecule has 2 rings (SSSR count). The summed E-state index contributed by atoms with van der Waals surface area (Å²) in [6, 6.07) is 6.75. The average molecular weight is 296 g/mol. The van der Waals surface area contributed by atoms with Gasteiger partial charge in [0.25, 0.3) is 0 Å². The van der Waals surface area contributed by atoms with Crippen LogP contribution in [0, 0.1) is 13.8 Å². The van der Waals surface area contributed by atoms with Gasteiger partial charge in [-0.15, -0.1) is 11.3 Å². The van der Waals surface area contributed by atoms with E-state index in [-0.39, 0.29) is 0 Å². The molecule has 0 radical (unpaired) electrons. The molecule has 0 spiro atoms. The summed E-state index contributed by atoms with van der Waals surface area (Å²) in [5.41, 5.74) is 1.95. The molecule has 0 saturated heterocycles. The Bertz CT molecular complexity index is 654. The fourth-order valence-corrected chi connectivity index (χ4v) is 3.12. The van der Waals surface area contributed by atoms with Crippen LogP contribution in [-0.4, -0.2) is 19.7 Å². The topological polar surface area (TPSA) is 59.1 Å². The van der Waals surface area contributed by atoms with E-state index >= 15 is 0 Å². The normalized spacial score (nSPS) is 11.5. The molecule has 0 aliphatic heterocycles. The molecule has 1 aromatic carbocycles. The van der Waals surface area contributed by atoms with Crippen molar-refractivity contribution in [2.75, 3.05) is 11.6 Å². The Kier molecular flexibility index (Phi) is 3.91. The molecule has 0 aliphatic carbocycles. The van der Waals surface area contributed by atoms with Crippen molar-refractivity contribution in [1.29, 1.82) is 0 Å². The van der Waals surface area contributed by atoms with Crippen molar-refractivity contribution in [2.24, 2.45) is 0 Å². The molecule has 0 unspecified atom stereocenters. The van der Waals surface area contributed by atoms with E-state index in [0.717, 1.165) is 16.4 Å². The molecule has 1 N–H and O–H groups in total. The monoisotopic (exact) mass is 296 g/mol. The lowest BCUT2D eigenvalue weighted by Crippen LogP contribution is -2.00. The van der Waals surface area contributed by atoms with Gasteiger partial charge in [0.2, 0.25) is 0 Å². The van der Waals surface area contributed by atoms with Gasteiger partial charge >= 0.3 is 0 Å². The zero-order chi connectivity index (χ0) is 14.0. The maximum absolute atomic E-state index is 11.3. The summed E-state index contributed by atoms with van der Waals surface area (Å²) in [7, 11) is -3.13. The summed E-state index contributed by atoms with van der Waals surface area (Å²) in [6.07, 6.45) is 1.20. The first-order valence-corrected chi connectivity index (χ1v) is 8.54. The van der Waals surface area contributed by atoms with Crippen molar-refractivity contribution in [1.82, 2.24) is 4.98 Å². The van der Waals surface area contributed by atoms with Crippen molar-refractivity contribution in [2.45, 2.75) is 25.3 Å². The molecule has 0 saturated carbocycles. The summed E-state index contributed by atoms with van der Waals surface area (Å²) in [4.78, 5) is 6.00. The lowest BCUT2D eigenvalue weighted by atomic mass is 10.3. The van der Waals surface area contributed by atoms with Crippen LogP contribution < -0.4 is 5.32 Å². The van der Waals surface area contributed by atoms with Crippen LogP contribution in [0.2, 0.25) is 0 Å². The van der Waals surface area contributed by atoms with E-state index in [0.29, 0.717) is 11.4 Å². The third-order valence-corrected chi connectivity index (χ3v) is 5.00. The molecule has 6 heteroatoms. The number of nitrogens with one attached hydrogen (secondary N) is 1. The molecule has 0 atom stereocenters. The number of aromatic nitrogens is 1. The molecular formula is C13H16N2O2S2. The smallest absolute Gasteiger partial charge is 0.175 e. The second-order valence-electron chi connectivity index (χ2n) is 4.40. The van der Waals surface area contributed by atoms with Crippen LogP contribution in [0.15, 0.2) is 29.2 Å². The number of thiazole rings is 1. The van der Waals surface area contributed by atoms with Crippen molar-refractivity contribution in [3.63, 3.8) is 0 Å². The molecule has 2 aromatic rings. The average Bonchev–Trinajstić information content (AvgIpc) is 2.66. The van der Waals surface area contributed by atoms with Crippen LogP contribution in [-0.2, 0) is 16.4 Å². The Labute approximate surface area is 117 Å². The number of anilines is 1. The molecule has 0 amide bonds. The van der Waals surface area contributed by atoms with E-state index in [1.807, 2.05) is 6.92 Å². The first kappa shape index (κ1) is 14.0. The molecule has 102 valence electrons. The van der Waals surface area contributed by atoms with Crippen molar-refractivity contribution >= 4 is 26.9 Å². The fourth-order valence-electron chi connectivity index (χ4n) is 1.61. The predicted octanol–water partition coefficient (Wildman–Crippen LogP) is 2.78. The number of aryl methyl sites for hydroxylation is 2. The van der Waals surface area contributed by atoms with Gasteiger partial charge in [0, 0.05) is 16.8 Å². The largest absolute Gasteiger partial charge is 0.379 e. The number of nitrogens with zero attached hydrogens (tertiary/aromatic N) is 1. The van der Waals surface area contributed by atoms with Gasteiger partial charge in [0.15, 0.2) is 9.84 Å². The third kappa shape index (κ3) is 3.54. The van der Waals surface area contributed by atoms with Gasteiger partial charge < -0.3 is 5.32 Å². The molecule has 0 aliphatic rings. The number of rotatable bonds is 4. The lowest BCUT2D eigenvalue weighted by Gasteiger charge is -2.05. The van der Waals surface area contributed by atoms with E-state index in [1.165, 1.54) is 11.1 Å². The van der Waals surface area contributed by atoms with Crippen LogP contribution in [0.1, 0.15) is 15.6 Å². The zero-order valence-corrected chi connectivity index (χ0v) is 12.7. The highest BCUT2D eigenvalue weighted by Gasteiger charge is 2.07. The van der Waals surface area contributed by atoms with E-state index < -0.39 is 9.84 Å². The van der Waals surface area contributed by atoms with E-state index in [9.17, 15) is 8.42 Å². The molecule has 19 heavy (non-hydrogen) atoms. The quantitative estimate of drug-likeness (QED) is 0.942. The highest BCUT2D eigenvalue weighted by molar-refractivity contribution is 7.90. The van der Waals surface area contributed by atoms with Gasteiger partial charge in [0.05, 0.1) is 17.1 Å².